The number of nitrogens with two attached hydrogens (primary N) is 1. The highest BCUT2D eigenvalue weighted by atomic mass is 15.3. The van der Waals surface area contributed by atoms with E-state index in [1.165, 1.54) is 51.4 Å². The summed E-state index contributed by atoms with van der Waals surface area (Å²) in [5, 5.41) is 7.84. The Kier molecular flexibility index (Phi) is 3.39. The molecular formula is C19H31N3. The molecule has 3 saturated carbocycles. The fraction of sp³-hybridized carbons (Fsp3) is 0.895. The lowest BCUT2D eigenvalue weighted by atomic mass is 9.45. The van der Waals surface area contributed by atoms with E-state index in [2.05, 4.69) is 36.3 Å². The number of fused-ring (bicyclic) bond motifs is 5. The minimum atomic E-state index is 0.390. The third-order valence-electron chi connectivity index (χ3n) is 8.19. The molecule has 0 radical (unpaired) electrons. The Hall–Kier alpha value is -0.860. The average Bonchev–Trinajstić information content (AvgIpc) is 2.89. The van der Waals surface area contributed by atoms with Gasteiger partial charge in [0.05, 0.1) is 6.04 Å². The predicted octanol–water partition coefficient (Wildman–Crippen LogP) is 4.89. The normalized spacial score (nSPS) is 54.0. The van der Waals surface area contributed by atoms with Crippen molar-refractivity contribution < 1.29 is 0 Å². The summed E-state index contributed by atoms with van der Waals surface area (Å²) in [5.74, 6) is 8.96. The first-order valence-corrected chi connectivity index (χ1v) is 9.34. The summed E-state index contributed by atoms with van der Waals surface area (Å²) in [5.41, 5.74) is 1.06. The van der Waals surface area contributed by atoms with Crippen LogP contribution in [0.1, 0.15) is 65.2 Å². The molecule has 0 aromatic rings. The van der Waals surface area contributed by atoms with E-state index < -0.39 is 0 Å². The summed E-state index contributed by atoms with van der Waals surface area (Å²) in [6.07, 6.45) is 15.8. The van der Waals surface area contributed by atoms with Gasteiger partial charge in [-0.1, -0.05) is 31.2 Å². The van der Waals surface area contributed by atoms with Crippen LogP contribution < -0.4 is 5.84 Å². The summed E-state index contributed by atoms with van der Waals surface area (Å²) in [6, 6.07) is 0.390. The standard InChI is InChI=1S/C19H31N3/c1-18-9-3-4-16(18)15-6-5-13-12-14(21-22-20)7-11-19(13,2)17(15)8-10-18/h3,9,13-17H,4-8,10-12H2,1-2H3,(H2,20,21)/t13-,14+,15?,16?,17?,18-,19-/m0/s1. The molecular weight excluding hydrogens is 270 g/mol. The SMILES string of the molecule is C[C@@]12C=CCC1C1CC[C@H]3C[C@H](N=NN)CC[C@]3(C)C1CC2. The molecule has 4 aliphatic rings. The number of nitrogens with zero attached hydrogens (tertiary/aromatic N) is 2. The molecule has 4 rings (SSSR count). The first kappa shape index (κ1) is 14.7. The molecule has 7 atom stereocenters. The van der Waals surface area contributed by atoms with E-state index in [4.69, 9.17) is 5.84 Å². The van der Waals surface area contributed by atoms with Crippen molar-refractivity contribution in [3.8, 4) is 0 Å². The van der Waals surface area contributed by atoms with Crippen LogP contribution in [0, 0.1) is 34.5 Å². The minimum Gasteiger partial charge on any atom is -0.305 e. The first-order valence-electron chi connectivity index (χ1n) is 9.34. The third kappa shape index (κ3) is 2.00. The average molecular weight is 301 g/mol. The molecule has 122 valence electrons. The largest absolute Gasteiger partial charge is 0.305 e. The molecule has 0 amide bonds. The Balaban J connectivity index is 1.57. The van der Waals surface area contributed by atoms with E-state index in [0.29, 0.717) is 16.9 Å². The number of allylic oxidation sites excluding steroid dienone is 2. The van der Waals surface area contributed by atoms with Gasteiger partial charge in [0.15, 0.2) is 0 Å². The Morgan fingerprint density at radius 3 is 2.73 bits per heavy atom. The Morgan fingerprint density at radius 2 is 1.91 bits per heavy atom. The van der Waals surface area contributed by atoms with Crippen LogP contribution in [0.5, 0.6) is 0 Å². The van der Waals surface area contributed by atoms with E-state index >= 15 is 0 Å². The van der Waals surface area contributed by atoms with Gasteiger partial charge < -0.3 is 5.84 Å². The Labute approximate surface area is 134 Å². The highest BCUT2D eigenvalue weighted by Crippen LogP contribution is 2.65. The second-order valence-corrected chi connectivity index (χ2v) is 9.00. The van der Waals surface area contributed by atoms with E-state index in [-0.39, 0.29) is 0 Å². The molecule has 22 heavy (non-hydrogen) atoms. The number of rotatable bonds is 1. The molecule has 0 aromatic heterocycles. The van der Waals surface area contributed by atoms with Crippen LogP contribution in [0.25, 0.3) is 0 Å². The van der Waals surface area contributed by atoms with Gasteiger partial charge in [-0.15, -0.1) is 0 Å². The van der Waals surface area contributed by atoms with E-state index in [1.807, 2.05) is 0 Å². The molecule has 3 nitrogen and oxygen atoms in total. The lowest BCUT2D eigenvalue weighted by Gasteiger charge is -2.60. The monoisotopic (exact) mass is 301 g/mol. The van der Waals surface area contributed by atoms with Crippen LogP contribution in [0.4, 0.5) is 0 Å². The quantitative estimate of drug-likeness (QED) is 0.319. The molecule has 3 fully saturated rings. The lowest BCUT2D eigenvalue weighted by molar-refractivity contribution is -0.0998. The smallest absolute Gasteiger partial charge is 0.0732 e. The predicted molar refractivity (Wildman–Crippen MR) is 89.1 cm³/mol. The van der Waals surface area contributed by atoms with Gasteiger partial charge in [0.2, 0.25) is 0 Å². The zero-order valence-corrected chi connectivity index (χ0v) is 14.2. The summed E-state index contributed by atoms with van der Waals surface area (Å²) >= 11 is 0. The Morgan fingerprint density at radius 1 is 1.05 bits per heavy atom. The molecule has 0 aromatic carbocycles. The zero-order chi connectivity index (χ0) is 15.4. The fourth-order valence-electron chi connectivity index (χ4n) is 6.92. The van der Waals surface area contributed by atoms with Gasteiger partial charge in [-0.3, -0.25) is 0 Å². The van der Waals surface area contributed by atoms with Crippen LogP contribution in [0.3, 0.4) is 0 Å². The number of hydrogen-bond acceptors (Lipinski definition) is 2. The molecule has 0 spiro atoms. The summed E-state index contributed by atoms with van der Waals surface area (Å²) in [6.45, 7) is 5.12. The van der Waals surface area contributed by atoms with Crippen molar-refractivity contribution in [1.82, 2.24) is 0 Å². The van der Waals surface area contributed by atoms with Crippen LogP contribution in [-0.4, -0.2) is 6.04 Å². The van der Waals surface area contributed by atoms with Crippen molar-refractivity contribution in [3.05, 3.63) is 12.2 Å². The van der Waals surface area contributed by atoms with Crippen molar-refractivity contribution in [3.63, 3.8) is 0 Å². The summed E-state index contributed by atoms with van der Waals surface area (Å²) in [4.78, 5) is 0. The van der Waals surface area contributed by atoms with Gasteiger partial charge in [-0.25, -0.2) is 0 Å². The van der Waals surface area contributed by atoms with Crippen LogP contribution in [-0.2, 0) is 0 Å². The Bertz CT molecular complexity index is 499. The zero-order valence-electron chi connectivity index (χ0n) is 14.2. The minimum absolute atomic E-state index is 0.390. The van der Waals surface area contributed by atoms with Crippen molar-refractivity contribution >= 4 is 0 Å². The van der Waals surface area contributed by atoms with Gasteiger partial charge in [-0.05, 0) is 85.9 Å². The molecule has 0 bridgehead atoms. The van der Waals surface area contributed by atoms with Gasteiger partial charge in [0, 0.05) is 0 Å². The second-order valence-electron chi connectivity index (χ2n) is 9.00. The van der Waals surface area contributed by atoms with Crippen molar-refractivity contribution in [2.45, 2.75) is 71.3 Å². The van der Waals surface area contributed by atoms with Crippen LogP contribution >= 0.6 is 0 Å². The molecule has 3 unspecified atom stereocenters. The van der Waals surface area contributed by atoms with Gasteiger partial charge in [0.25, 0.3) is 0 Å². The van der Waals surface area contributed by atoms with Crippen LogP contribution in [0.15, 0.2) is 22.5 Å². The number of hydrogen-bond donors (Lipinski definition) is 1. The third-order valence-corrected chi connectivity index (χ3v) is 8.19. The molecule has 0 aliphatic heterocycles. The molecule has 4 aliphatic carbocycles. The van der Waals surface area contributed by atoms with E-state index in [9.17, 15) is 0 Å². The highest BCUT2D eigenvalue weighted by Gasteiger charge is 2.56. The van der Waals surface area contributed by atoms with Gasteiger partial charge in [-0.2, -0.15) is 5.11 Å². The van der Waals surface area contributed by atoms with Crippen molar-refractivity contribution in [1.29, 1.82) is 0 Å². The highest BCUT2D eigenvalue weighted by molar-refractivity contribution is 5.16. The van der Waals surface area contributed by atoms with E-state index in [0.717, 1.165) is 23.7 Å². The van der Waals surface area contributed by atoms with Gasteiger partial charge >= 0.3 is 0 Å². The topological polar surface area (TPSA) is 50.7 Å². The first-order chi connectivity index (χ1) is 10.6. The molecule has 0 heterocycles. The molecule has 3 heteroatoms. The van der Waals surface area contributed by atoms with Crippen molar-refractivity contribution in [2.75, 3.05) is 0 Å². The van der Waals surface area contributed by atoms with Crippen molar-refractivity contribution in [2.24, 2.45) is 50.7 Å². The lowest BCUT2D eigenvalue weighted by Crippen LogP contribution is -2.53. The summed E-state index contributed by atoms with van der Waals surface area (Å²) < 4.78 is 0. The summed E-state index contributed by atoms with van der Waals surface area (Å²) in [7, 11) is 0. The maximum absolute atomic E-state index is 5.29. The van der Waals surface area contributed by atoms with Gasteiger partial charge in [0.1, 0.15) is 0 Å². The van der Waals surface area contributed by atoms with Crippen LogP contribution in [0.2, 0.25) is 0 Å². The maximum Gasteiger partial charge on any atom is 0.0732 e. The second kappa shape index (κ2) is 5.07. The maximum atomic E-state index is 5.29. The van der Waals surface area contributed by atoms with E-state index in [1.54, 1.807) is 0 Å². The molecule has 2 N–H and O–H groups in total. The molecule has 0 saturated heterocycles. The fourth-order valence-corrected chi connectivity index (χ4v) is 6.92.